The summed E-state index contributed by atoms with van der Waals surface area (Å²) in [6.45, 7) is 3.33. The molecule has 130 valence electrons. The van der Waals surface area contributed by atoms with Crippen LogP contribution in [0.2, 0.25) is 0 Å². The number of rotatable bonds is 4. The fraction of sp³-hybridized carbons (Fsp3) is 0.375. The van der Waals surface area contributed by atoms with Gasteiger partial charge in [-0.3, -0.25) is 0 Å². The van der Waals surface area contributed by atoms with E-state index in [4.69, 9.17) is 0 Å². The highest BCUT2D eigenvalue weighted by atomic mass is 19.2. The van der Waals surface area contributed by atoms with Crippen molar-refractivity contribution in [2.24, 2.45) is 0 Å². The molecule has 1 atom stereocenters. The zero-order valence-corrected chi connectivity index (χ0v) is 13.3. The number of hydrogen-bond donors (Lipinski definition) is 0. The predicted octanol–water partition coefficient (Wildman–Crippen LogP) is 4.85. The molecule has 0 nitrogen and oxygen atoms in total. The Kier molecular flexibility index (Phi) is 4.88. The van der Waals surface area contributed by atoms with Gasteiger partial charge in [0.25, 0.3) is 0 Å². The van der Waals surface area contributed by atoms with Crippen LogP contribution in [0.1, 0.15) is 38.7 Å². The third kappa shape index (κ3) is 2.47. The van der Waals surface area contributed by atoms with Gasteiger partial charge in [-0.1, -0.05) is 33.1 Å². The normalized spacial score (nSPS) is 14.2. The van der Waals surface area contributed by atoms with E-state index in [1.54, 1.807) is 13.8 Å². The summed E-state index contributed by atoms with van der Waals surface area (Å²) in [7, 11) is 1.44. The summed E-state index contributed by atoms with van der Waals surface area (Å²) in [5.74, 6) is -14.1. The van der Waals surface area contributed by atoms with Gasteiger partial charge in [-0.05, 0) is 5.31 Å². The molecule has 24 heavy (non-hydrogen) atoms. The molecular weight excluding hydrogens is 336 g/mol. The lowest BCUT2D eigenvalue weighted by molar-refractivity contribution is 0.404. The molecule has 0 aliphatic rings. The Bertz CT molecular complexity index is 819. The predicted molar refractivity (Wildman–Crippen MR) is 79.1 cm³/mol. The number of benzene rings is 2. The topological polar surface area (TPSA) is 0 Å². The van der Waals surface area contributed by atoms with Crippen molar-refractivity contribution in [3.05, 3.63) is 46.3 Å². The van der Waals surface area contributed by atoms with Crippen LogP contribution in [0, 0.1) is 40.7 Å². The fourth-order valence-electron chi connectivity index (χ4n) is 3.04. The average Bonchev–Trinajstić information content (AvgIpc) is 2.54. The molecule has 8 heteroatoms. The van der Waals surface area contributed by atoms with Crippen LogP contribution in [0.25, 0.3) is 10.8 Å². The van der Waals surface area contributed by atoms with E-state index in [-0.39, 0.29) is 12.8 Å². The molecule has 0 saturated carbocycles. The molecule has 0 amide bonds. The smallest absolute Gasteiger partial charge is 0.198 e. The van der Waals surface area contributed by atoms with E-state index in [0.29, 0.717) is 6.42 Å². The average molecular weight is 350 g/mol. The van der Waals surface area contributed by atoms with Gasteiger partial charge in [-0.25, -0.2) is 30.7 Å². The minimum Gasteiger partial charge on any atom is -0.206 e. The van der Waals surface area contributed by atoms with Gasteiger partial charge in [0.2, 0.25) is 0 Å². The van der Waals surface area contributed by atoms with Gasteiger partial charge in [0, 0.05) is 5.56 Å². The molecule has 0 bridgehead atoms. The molecule has 0 heterocycles. The molecule has 0 aromatic heterocycles. The van der Waals surface area contributed by atoms with Crippen LogP contribution in [0.3, 0.4) is 0 Å². The van der Waals surface area contributed by atoms with E-state index in [1.165, 1.54) is 7.85 Å². The van der Waals surface area contributed by atoms with E-state index < -0.39 is 62.4 Å². The zero-order valence-electron chi connectivity index (χ0n) is 13.3. The summed E-state index contributed by atoms with van der Waals surface area (Å²) in [5.41, 5.74) is -0.791. The largest absolute Gasteiger partial charge is 0.206 e. The summed E-state index contributed by atoms with van der Waals surface area (Å²) in [6, 6.07) is 0. The van der Waals surface area contributed by atoms with Crippen LogP contribution in [-0.2, 0) is 5.31 Å². The third-order valence-electron chi connectivity index (χ3n) is 4.52. The van der Waals surface area contributed by atoms with Gasteiger partial charge in [0.15, 0.2) is 34.9 Å². The minimum atomic E-state index is -2.32. The van der Waals surface area contributed by atoms with Crippen molar-refractivity contribution in [3.63, 3.8) is 0 Å². The van der Waals surface area contributed by atoms with Gasteiger partial charge >= 0.3 is 0 Å². The van der Waals surface area contributed by atoms with E-state index >= 15 is 0 Å². The van der Waals surface area contributed by atoms with E-state index in [0.717, 1.165) is 0 Å². The number of halogens is 7. The number of hydrogen-bond acceptors (Lipinski definition) is 0. The molecule has 0 radical (unpaired) electrons. The highest BCUT2D eigenvalue weighted by molar-refractivity contribution is 6.16. The summed E-state index contributed by atoms with van der Waals surface area (Å²) < 4.78 is 97.9. The lowest BCUT2D eigenvalue weighted by Gasteiger charge is -2.30. The van der Waals surface area contributed by atoms with Crippen molar-refractivity contribution >= 4 is 18.6 Å². The van der Waals surface area contributed by atoms with Crippen molar-refractivity contribution in [1.29, 1.82) is 0 Å². The van der Waals surface area contributed by atoms with Crippen molar-refractivity contribution in [1.82, 2.24) is 0 Å². The second kappa shape index (κ2) is 6.29. The Morgan fingerprint density at radius 3 is 1.50 bits per heavy atom. The van der Waals surface area contributed by atoms with Crippen LogP contribution < -0.4 is 0 Å². The first-order valence-corrected chi connectivity index (χ1v) is 7.44. The van der Waals surface area contributed by atoms with Crippen LogP contribution in [-0.4, -0.2) is 7.85 Å². The van der Waals surface area contributed by atoms with Crippen molar-refractivity contribution in [2.75, 3.05) is 0 Å². The molecule has 0 N–H and O–H groups in total. The van der Waals surface area contributed by atoms with Crippen molar-refractivity contribution < 1.29 is 30.7 Å². The molecule has 0 spiro atoms. The maximum atomic E-state index is 14.8. The van der Waals surface area contributed by atoms with E-state index in [2.05, 4.69) is 0 Å². The summed E-state index contributed by atoms with van der Waals surface area (Å²) in [6.07, 6.45) is 0.890. The molecule has 0 aliphatic carbocycles. The van der Waals surface area contributed by atoms with Gasteiger partial charge in [-0.15, -0.1) is 0 Å². The SMILES string of the molecule is BC(CC)(CCC)c1c(F)c(F)c2c(F)c(F)c(F)c(F)c2c1F. The first-order valence-electron chi connectivity index (χ1n) is 7.44. The van der Waals surface area contributed by atoms with Crippen molar-refractivity contribution in [3.8, 4) is 0 Å². The monoisotopic (exact) mass is 350 g/mol. The van der Waals surface area contributed by atoms with Crippen LogP contribution in [0.4, 0.5) is 30.7 Å². The lowest BCUT2D eigenvalue weighted by Crippen LogP contribution is -2.29. The molecule has 1 unspecified atom stereocenters. The summed E-state index contributed by atoms with van der Waals surface area (Å²) >= 11 is 0. The molecule has 2 rings (SSSR count). The second-order valence-corrected chi connectivity index (χ2v) is 5.99. The standard InChI is InChI=1S/C16H14BF7/c1-3-5-16(17,4-2)8-9(18)6-7(10(19)13(8)22)12(21)15(24)14(23)11(6)20/h3-5,17H2,1-2H3. The van der Waals surface area contributed by atoms with Crippen molar-refractivity contribution in [2.45, 2.75) is 38.4 Å². The maximum absolute atomic E-state index is 14.8. The van der Waals surface area contributed by atoms with E-state index in [1.807, 2.05) is 0 Å². The van der Waals surface area contributed by atoms with E-state index in [9.17, 15) is 30.7 Å². The molecule has 2 aromatic carbocycles. The molecular formula is C16H14BF7. The Morgan fingerprint density at radius 2 is 1.08 bits per heavy atom. The highest BCUT2D eigenvalue weighted by Gasteiger charge is 2.37. The Morgan fingerprint density at radius 1 is 0.667 bits per heavy atom. The molecule has 0 fully saturated rings. The Hall–Kier alpha value is -1.73. The Balaban J connectivity index is 3.07. The third-order valence-corrected chi connectivity index (χ3v) is 4.52. The molecule has 2 aromatic rings. The first-order chi connectivity index (χ1) is 11.1. The van der Waals surface area contributed by atoms with Crippen LogP contribution >= 0.6 is 0 Å². The molecule has 0 saturated heterocycles. The summed E-state index contributed by atoms with van der Waals surface area (Å²) in [4.78, 5) is 0. The summed E-state index contributed by atoms with van der Waals surface area (Å²) in [5, 5.41) is -4.21. The first kappa shape index (κ1) is 18.6. The Labute approximate surface area is 135 Å². The molecule has 0 aliphatic heterocycles. The van der Waals surface area contributed by atoms with Gasteiger partial charge in [0.05, 0.1) is 10.8 Å². The van der Waals surface area contributed by atoms with Gasteiger partial charge < -0.3 is 0 Å². The van der Waals surface area contributed by atoms with Gasteiger partial charge in [-0.2, -0.15) is 0 Å². The lowest BCUT2D eigenvalue weighted by atomic mass is 9.59. The second-order valence-electron chi connectivity index (χ2n) is 5.99. The van der Waals surface area contributed by atoms with Crippen LogP contribution in [0.5, 0.6) is 0 Å². The zero-order chi connectivity index (χ0) is 18.4. The van der Waals surface area contributed by atoms with Gasteiger partial charge in [0.1, 0.15) is 13.7 Å². The quantitative estimate of drug-likeness (QED) is 0.320. The van der Waals surface area contributed by atoms with Crippen LogP contribution in [0.15, 0.2) is 0 Å². The highest BCUT2D eigenvalue weighted by Crippen LogP contribution is 2.40. The number of fused-ring (bicyclic) bond motifs is 1. The minimum absolute atomic E-state index is 0.174. The maximum Gasteiger partial charge on any atom is 0.198 e. The fourth-order valence-corrected chi connectivity index (χ4v) is 3.04.